The summed E-state index contributed by atoms with van der Waals surface area (Å²) in [6.07, 6.45) is 2.47. The predicted molar refractivity (Wildman–Crippen MR) is 55.3 cm³/mol. The van der Waals surface area contributed by atoms with Crippen molar-refractivity contribution in [1.29, 1.82) is 0 Å². The van der Waals surface area contributed by atoms with Crippen molar-refractivity contribution in [2.75, 3.05) is 41.3 Å². The van der Waals surface area contributed by atoms with Crippen molar-refractivity contribution < 1.29 is 0 Å². The number of hydrogen-bond donors (Lipinski definition) is 0. The Morgan fingerprint density at radius 2 is 1.17 bits per heavy atom. The zero-order valence-corrected chi connectivity index (χ0v) is 9.22. The van der Waals surface area contributed by atoms with Crippen LogP contribution in [0.25, 0.3) is 0 Å². The minimum atomic E-state index is 1.18. The monoisotopic (exact) mass is 171 g/mol. The van der Waals surface area contributed by atoms with Gasteiger partial charge in [-0.05, 0) is 60.0 Å². The lowest BCUT2D eigenvalue weighted by Crippen LogP contribution is -2.18. The van der Waals surface area contributed by atoms with Gasteiger partial charge in [-0.2, -0.15) is 0 Å². The molecular formula is C10H23N2. The Hall–Kier alpha value is -0.0800. The van der Waals surface area contributed by atoms with E-state index in [1.54, 1.807) is 5.92 Å². The summed E-state index contributed by atoms with van der Waals surface area (Å²) in [7, 11) is 8.50. The van der Waals surface area contributed by atoms with Crippen molar-refractivity contribution in [3.63, 3.8) is 0 Å². The van der Waals surface area contributed by atoms with Gasteiger partial charge in [-0.25, -0.2) is 0 Å². The van der Waals surface area contributed by atoms with Crippen molar-refractivity contribution in [2.45, 2.75) is 19.8 Å². The van der Waals surface area contributed by atoms with Gasteiger partial charge in [0.1, 0.15) is 0 Å². The zero-order chi connectivity index (χ0) is 9.56. The highest BCUT2D eigenvalue weighted by molar-refractivity contribution is 4.84. The molecule has 0 rings (SSSR count). The summed E-state index contributed by atoms with van der Waals surface area (Å²) in [6, 6.07) is 0. The number of nitrogens with zero attached hydrogens (tertiary/aromatic N) is 2. The zero-order valence-electron chi connectivity index (χ0n) is 9.22. The average molecular weight is 171 g/mol. The molecule has 0 saturated carbocycles. The molecule has 0 aliphatic heterocycles. The van der Waals surface area contributed by atoms with Crippen LogP contribution in [0.2, 0.25) is 0 Å². The fraction of sp³-hybridized carbons (Fsp3) is 0.900. The molecule has 0 N–H and O–H groups in total. The molecule has 0 amide bonds. The second-order valence-corrected chi connectivity index (χ2v) is 4.06. The van der Waals surface area contributed by atoms with Gasteiger partial charge in [-0.15, -0.1) is 0 Å². The molecule has 0 aliphatic carbocycles. The van der Waals surface area contributed by atoms with Crippen LogP contribution < -0.4 is 0 Å². The van der Waals surface area contributed by atoms with Gasteiger partial charge < -0.3 is 9.80 Å². The highest BCUT2D eigenvalue weighted by Crippen LogP contribution is 2.10. The normalized spacial score (nSPS) is 12.0. The van der Waals surface area contributed by atoms with Crippen molar-refractivity contribution in [1.82, 2.24) is 9.80 Å². The first-order valence-electron chi connectivity index (χ1n) is 4.63. The van der Waals surface area contributed by atoms with Gasteiger partial charge in [0, 0.05) is 0 Å². The lowest BCUT2D eigenvalue weighted by Gasteiger charge is -2.16. The van der Waals surface area contributed by atoms with Crippen LogP contribution in [-0.4, -0.2) is 51.1 Å². The predicted octanol–water partition coefficient (Wildman–Crippen LogP) is 1.48. The topological polar surface area (TPSA) is 6.48 Å². The third-order valence-corrected chi connectivity index (χ3v) is 1.97. The van der Waals surface area contributed by atoms with E-state index in [9.17, 15) is 0 Å². The van der Waals surface area contributed by atoms with E-state index >= 15 is 0 Å². The van der Waals surface area contributed by atoms with Crippen LogP contribution in [0, 0.1) is 5.92 Å². The molecule has 0 heterocycles. The summed E-state index contributed by atoms with van der Waals surface area (Å²) in [5, 5.41) is 0. The molecule has 0 saturated heterocycles. The molecule has 0 spiro atoms. The Kier molecular flexibility index (Phi) is 6.39. The molecule has 0 bridgehead atoms. The average Bonchev–Trinajstić information content (AvgIpc) is 1.96. The van der Waals surface area contributed by atoms with E-state index in [0.29, 0.717) is 0 Å². The second kappa shape index (κ2) is 6.44. The molecule has 2 nitrogen and oxygen atoms in total. The third-order valence-electron chi connectivity index (χ3n) is 1.97. The van der Waals surface area contributed by atoms with E-state index in [-0.39, 0.29) is 0 Å². The quantitative estimate of drug-likeness (QED) is 0.597. The van der Waals surface area contributed by atoms with Gasteiger partial charge >= 0.3 is 0 Å². The molecule has 0 aromatic carbocycles. The van der Waals surface area contributed by atoms with Gasteiger partial charge in [-0.3, -0.25) is 0 Å². The first-order valence-corrected chi connectivity index (χ1v) is 4.63. The Morgan fingerprint density at radius 1 is 0.833 bits per heavy atom. The Labute approximate surface area is 77.5 Å². The van der Waals surface area contributed by atoms with Gasteiger partial charge in [-0.1, -0.05) is 6.92 Å². The fourth-order valence-corrected chi connectivity index (χ4v) is 0.954. The molecule has 73 valence electrons. The molecule has 0 aliphatic rings. The molecule has 0 fully saturated rings. The third kappa shape index (κ3) is 8.02. The van der Waals surface area contributed by atoms with Crippen LogP contribution in [0.3, 0.4) is 0 Å². The van der Waals surface area contributed by atoms with Gasteiger partial charge in [0.2, 0.25) is 0 Å². The molecule has 0 atom stereocenters. The lowest BCUT2D eigenvalue weighted by molar-refractivity contribution is 0.376. The Morgan fingerprint density at radius 3 is 1.42 bits per heavy atom. The van der Waals surface area contributed by atoms with E-state index < -0.39 is 0 Å². The van der Waals surface area contributed by atoms with Crippen LogP contribution >= 0.6 is 0 Å². The summed E-state index contributed by atoms with van der Waals surface area (Å²) >= 11 is 0. The standard InChI is InChI=1S/C10H23N2/c1-10(6-8-11(2)3)7-9-12(4)5/h6-9H2,1-5H3. The molecule has 0 aromatic heterocycles. The van der Waals surface area contributed by atoms with E-state index in [2.05, 4.69) is 44.9 Å². The second-order valence-electron chi connectivity index (χ2n) is 4.06. The van der Waals surface area contributed by atoms with Gasteiger partial charge in [0.15, 0.2) is 0 Å². The smallest absolute Gasteiger partial charge is 0.00194 e. The first-order chi connectivity index (χ1) is 5.52. The summed E-state index contributed by atoms with van der Waals surface area (Å²) in [5.74, 6) is 1.61. The van der Waals surface area contributed by atoms with Crippen LogP contribution in [0.5, 0.6) is 0 Å². The van der Waals surface area contributed by atoms with Crippen LogP contribution in [0.1, 0.15) is 19.8 Å². The van der Waals surface area contributed by atoms with Crippen molar-refractivity contribution in [3.05, 3.63) is 5.92 Å². The van der Waals surface area contributed by atoms with Crippen molar-refractivity contribution in [3.8, 4) is 0 Å². The van der Waals surface area contributed by atoms with Crippen LogP contribution in [0.15, 0.2) is 0 Å². The van der Waals surface area contributed by atoms with Gasteiger partial charge in [0.05, 0.1) is 0 Å². The summed E-state index contributed by atoms with van der Waals surface area (Å²) in [6.45, 7) is 4.62. The molecular weight excluding hydrogens is 148 g/mol. The highest BCUT2D eigenvalue weighted by atomic mass is 15.1. The van der Waals surface area contributed by atoms with E-state index in [4.69, 9.17) is 0 Å². The number of rotatable bonds is 6. The SMILES string of the molecule is C[C](CCN(C)C)CCN(C)C. The molecule has 12 heavy (non-hydrogen) atoms. The Balaban J connectivity index is 3.27. The van der Waals surface area contributed by atoms with Gasteiger partial charge in [0.25, 0.3) is 0 Å². The highest BCUT2D eigenvalue weighted by Gasteiger charge is 2.03. The lowest BCUT2D eigenvalue weighted by atomic mass is 10.0. The summed E-state index contributed by atoms with van der Waals surface area (Å²) < 4.78 is 0. The first kappa shape index (κ1) is 11.9. The number of hydrogen-bond acceptors (Lipinski definition) is 2. The molecule has 1 radical (unpaired) electrons. The maximum absolute atomic E-state index is 2.26. The summed E-state index contributed by atoms with van der Waals surface area (Å²) in [5.41, 5.74) is 0. The van der Waals surface area contributed by atoms with Crippen molar-refractivity contribution >= 4 is 0 Å². The maximum atomic E-state index is 2.26. The van der Waals surface area contributed by atoms with Crippen LogP contribution in [-0.2, 0) is 0 Å². The van der Waals surface area contributed by atoms with Crippen molar-refractivity contribution in [2.24, 2.45) is 0 Å². The largest absolute Gasteiger partial charge is 0.309 e. The van der Waals surface area contributed by atoms with E-state index in [0.717, 1.165) is 0 Å². The van der Waals surface area contributed by atoms with E-state index in [1.807, 2.05) is 0 Å². The molecule has 2 heteroatoms. The molecule has 0 aromatic rings. The Bertz CT molecular complexity index is 88.0. The minimum Gasteiger partial charge on any atom is -0.309 e. The minimum absolute atomic E-state index is 1.18. The van der Waals surface area contributed by atoms with Crippen LogP contribution in [0.4, 0.5) is 0 Å². The summed E-state index contributed by atoms with van der Waals surface area (Å²) in [4.78, 5) is 4.47. The maximum Gasteiger partial charge on any atom is -0.00194 e. The fourth-order valence-electron chi connectivity index (χ4n) is 0.954. The molecule has 0 unspecified atom stereocenters. The van der Waals surface area contributed by atoms with E-state index in [1.165, 1.54) is 25.9 Å².